The summed E-state index contributed by atoms with van der Waals surface area (Å²) in [6, 6.07) is 5.82. The molecule has 1 saturated heterocycles. The fraction of sp³-hybridized carbons (Fsp3) is 0.625. The zero-order chi connectivity index (χ0) is 16.4. The topological polar surface area (TPSA) is 69.6 Å². The van der Waals surface area contributed by atoms with Gasteiger partial charge >= 0.3 is 0 Å². The monoisotopic (exact) mass is 342 g/mol. The Labute approximate surface area is 136 Å². The van der Waals surface area contributed by atoms with Gasteiger partial charge in [0.2, 0.25) is 10.0 Å². The molecular formula is C16H23FN2O3S. The van der Waals surface area contributed by atoms with E-state index in [-0.39, 0.29) is 11.9 Å². The van der Waals surface area contributed by atoms with E-state index in [1.165, 1.54) is 12.1 Å². The summed E-state index contributed by atoms with van der Waals surface area (Å²) in [6.45, 7) is 1.22. The summed E-state index contributed by atoms with van der Waals surface area (Å²) in [5.41, 5.74) is 0.641. The van der Waals surface area contributed by atoms with Crippen LogP contribution in [0.4, 0.5) is 4.39 Å². The van der Waals surface area contributed by atoms with Gasteiger partial charge in [-0.15, -0.1) is 0 Å². The molecule has 2 fully saturated rings. The van der Waals surface area contributed by atoms with E-state index in [1.54, 1.807) is 12.1 Å². The second kappa shape index (κ2) is 6.84. The van der Waals surface area contributed by atoms with Crippen molar-refractivity contribution in [1.29, 1.82) is 0 Å². The van der Waals surface area contributed by atoms with E-state index in [1.807, 2.05) is 4.90 Å². The molecule has 1 aromatic rings. The lowest BCUT2D eigenvalue weighted by atomic mass is 10.1. The molecule has 0 radical (unpaired) electrons. The largest absolute Gasteiger partial charge is 0.387 e. The second-order valence-corrected chi connectivity index (χ2v) is 8.54. The first-order valence-electron chi connectivity index (χ1n) is 8.11. The number of rotatable bonds is 6. The number of hydrogen-bond acceptors (Lipinski definition) is 4. The van der Waals surface area contributed by atoms with E-state index in [0.29, 0.717) is 25.2 Å². The first-order valence-corrected chi connectivity index (χ1v) is 9.66. The third-order valence-corrected chi connectivity index (χ3v) is 6.57. The molecule has 128 valence electrons. The molecule has 1 saturated carbocycles. The SMILES string of the molecule is O=S(=O)(NC1CCCC1)C1CN(C[C@@H](O)c2ccc(F)cc2)C1. The number of likely N-dealkylation sites (tertiary alicyclic amines) is 1. The summed E-state index contributed by atoms with van der Waals surface area (Å²) in [4.78, 5) is 1.91. The molecule has 0 aromatic heterocycles. The average Bonchev–Trinajstić information content (AvgIpc) is 2.94. The van der Waals surface area contributed by atoms with Crippen molar-refractivity contribution >= 4 is 10.0 Å². The number of sulfonamides is 1. The van der Waals surface area contributed by atoms with Gasteiger partial charge in [0.1, 0.15) is 11.1 Å². The summed E-state index contributed by atoms with van der Waals surface area (Å²) >= 11 is 0. The second-order valence-electron chi connectivity index (χ2n) is 6.55. The van der Waals surface area contributed by atoms with Gasteiger partial charge in [-0.3, -0.25) is 4.90 Å². The summed E-state index contributed by atoms with van der Waals surface area (Å²) < 4.78 is 40.2. The number of benzene rings is 1. The van der Waals surface area contributed by atoms with Crippen LogP contribution in [0.15, 0.2) is 24.3 Å². The number of halogens is 1. The van der Waals surface area contributed by atoms with Crippen molar-refractivity contribution in [3.8, 4) is 0 Å². The molecule has 0 amide bonds. The van der Waals surface area contributed by atoms with Crippen molar-refractivity contribution < 1.29 is 17.9 Å². The number of nitrogens with zero attached hydrogens (tertiary/aromatic N) is 1. The van der Waals surface area contributed by atoms with Crippen LogP contribution in [0.1, 0.15) is 37.4 Å². The van der Waals surface area contributed by atoms with Crippen LogP contribution >= 0.6 is 0 Å². The van der Waals surface area contributed by atoms with Gasteiger partial charge < -0.3 is 5.11 Å². The van der Waals surface area contributed by atoms with Crippen molar-refractivity contribution in [2.45, 2.75) is 43.1 Å². The fourth-order valence-corrected chi connectivity index (χ4v) is 4.98. The molecule has 7 heteroatoms. The molecule has 2 N–H and O–H groups in total. The van der Waals surface area contributed by atoms with Crippen LogP contribution in [0, 0.1) is 5.82 Å². The van der Waals surface area contributed by atoms with Crippen LogP contribution in [0.5, 0.6) is 0 Å². The molecule has 23 heavy (non-hydrogen) atoms. The maximum Gasteiger partial charge on any atom is 0.217 e. The van der Waals surface area contributed by atoms with Gasteiger partial charge in [0.15, 0.2) is 0 Å². The van der Waals surface area contributed by atoms with Crippen LogP contribution in [-0.4, -0.2) is 49.4 Å². The molecular weight excluding hydrogens is 319 g/mol. The molecule has 3 rings (SSSR count). The first kappa shape index (κ1) is 16.8. The van der Waals surface area contributed by atoms with E-state index in [2.05, 4.69) is 4.72 Å². The Hall–Kier alpha value is -1.02. The lowest BCUT2D eigenvalue weighted by Gasteiger charge is -2.40. The third-order valence-electron chi connectivity index (χ3n) is 4.73. The highest BCUT2D eigenvalue weighted by Crippen LogP contribution is 2.24. The molecule has 2 aliphatic rings. The van der Waals surface area contributed by atoms with Crippen LogP contribution in [0.25, 0.3) is 0 Å². The Balaban J connectivity index is 1.47. The highest BCUT2D eigenvalue weighted by Gasteiger charge is 2.39. The molecule has 0 unspecified atom stereocenters. The third kappa shape index (κ3) is 4.09. The minimum atomic E-state index is -3.27. The highest BCUT2D eigenvalue weighted by molar-refractivity contribution is 7.90. The van der Waals surface area contributed by atoms with Crippen LogP contribution < -0.4 is 4.72 Å². The Morgan fingerprint density at radius 3 is 2.43 bits per heavy atom. The number of aliphatic hydroxyl groups is 1. The zero-order valence-corrected chi connectivity index (χ0v) is 13.8. The number of hydrogen-bond donors (Lipinski definition) is 2. The van der Waals surface area contributed by atoms with Gasteiger partial charge in [0.05, 0.1) is 6.10 Å². The summed E-state index contributed by atoms with van der Waals surface area (Å²) in [7, 11) is -3.27. The standard InChI is InChI=1S/C16H23FN2O3S/c17-13-7-5-12(6-8-13)16(20)11-19-9-15(10-19)23(21,22)18-14-3-1-2-4-14/h5-8,14-16,18,20H,1-4,9-11H2/t16-/m1/s1. The number of aliphatic hydroxyl groups excluding tert-OH is 1. The molecule has 1 aliphatic heterocycles. The average molecular weight is 342 g/mol. The first-order chi connectivity index (χ1) is 10.9. The molecule has 1 aliphatic carbocycles. The summed E-state index contributed by atoms with van der Waals surface area (Å²) in [5, 5.41) is 9.74. The highest BCUT2D eigenvalue weighted by atomic mass is 32.2. The van der Waals surface area contributed by atoms with E-state index in [9.17, 15) is 17.9 Å². The normalized spacial score (nSPS) is 22.2. The lowest BCUT2D eigenvalue weighted by Crippen LogP contribution is -2.59. The molecule has 0 spiro atoms. The molecule has 5 nitrogen and oxygen atoms in total. The maximum absolute atomic E-state index is 12.9. The fourth-order valence-electron chi connectivity index (χ4n) is 3.27. The zero-order valence-electron chi connectivity index (χ0n) is 13.0. The van der Waals surface area contributed by atoms with Crippen molar-refractivity contribution in [1.82, 2.24) is 9.62 Å². The summed E-state index contributed by atoms with van der Waals surface area (Å²) in [6.07, 6.45) is 3.31. The van der Waals surface area contributed by atoms with Gasteiger partial charge in [-0.05, 0) is 30.5 Å². The molecule has 0 bridgehead atoms. The predicted molar refractivity (Wildman–Crippen MR) is 85.9 cm³/mol. The maximum atomic E-state index is 12.9. The van der Waals surface area contributed by atoms with Crippen molar-refractivity contribution in [3.05, 3.63) is 35.6 Å². The van der Waals surface area contributed by atoms with Crippen LogP contribution in [0.2, 0.25) is 0 Å². The Morgan fingerprint density at radius 2 is 1.83 bits per heavy atom. The predicted octanol–water partition coefficient (Wildman–Crippen LogP) is 1.41. The van der Waals surface area contributed by atoms with Crippen molar-refractivity contribution in [3.63, 3.8) is 0 Å². The van der Waals surface area contributed by atoms with E-state index >= 15 is 0 Å². The van der Waals surface area contributed by atoms with E-state index < -0.39 is 21.4 Å². The van der Waals surface area contributed by atoms with Crippen LogP contribution in [-0.2, 0) is 10.0 Å². The van der Waals surface area contributed by atoms with Gasteiger partial charge in [-0.2, -0.15) is 0 Å². The molecule has 1 aromatic carbocycles. The quantitative estimate of drug-likeness (QED) is 0.820. The van der Waals surface area contributed by atoms with Gasteiger partial charge in [-0.25, -0.2) is 17.5 Å². The van der Waals surface area contributed by atoms with Gasteiger partial charge in [0, 0.05) is 25.7 Å². The minimum Gasteiger partial charge on any atom is -0.387 e. The van der Waals surface area contributed by atoms with Gasteiger partial charge in [-0.1, -0.05) is 25.0 Å². The van der Waals surface area contributed by atoms with Crippen LogP contribution in [0.3, 0.4) is 0 Å². The molecule has 1 atom stereocenters. The summed E-state index contributed by atoms with van der Waals surface area (Å²) in [5.74, 6) is -0.339. The lowest BCUT2D eigenvalue weighted by molar-refractivity contribution is 0.0804. The molecule has 1 heterocycles. The van der Waals surface area contributed by atoms with Crippen molar-refractivity contribution in [2.24, 2.45) is 0 Å². The Bertz CT molecular complexity index is 623. The van der Waals surface area contributed by atoms with Crippen molar-refractivity contribution in [2.75, 3.05) is 19.6 Å². The Kier molecular flexibility index (Phi) is 5.01. The van der Waals surface area contributed by atoms with Gasteiger partial charge in [0.25, 0.3) is 0 Å². The van der Waals surface area contributed by atoms with E-state index in [0.717, 1.165) is 25.7 Å². The number of β-amino-alcohol motifs (C(OH)–C–C–N with tert-alkyl or cyclic N) is 1. The number of nitrogens with one attached hydrogen (secondary N) is 1. The Morgan fingerprint density at radius 1 is 1.22 bits per heavy atom. The minimum absolute atomic E-state index is 0.0962. The van der Waals surface area contributed by atoms with E-state index in [4.69, 9.17) is 0 Å². The smallest absolute Gasteiger partial charge is 0.217 e.